The lowest BCUT2D eigenvalue weighted by atomic mass is 9.75. The van der Waals surface area contributed by atoms with E-state index in [0.29, 0.717) is 11.4 Å². The van der Waals surface area contributed by atoms with Crippen LogP contribution in [0.25, 0.3) is 0 Å². The zero-order chi connectivity index (χ0) is 13.9. The Balaban J connectivity index is 1.91. The Labute approximate surface area is 115 Å². The van der Waals surface area contributed by atoms with E-state index in [-0.39, 0.29) is 0 Å². The van der Waals surface area contributed by atoms with Crippen molar-refractivity contribution in [2.45, 2.75) is 31.3 Å². The minimum absolute atomic E-state index is 0.376. The van der Waals surface area contributed by atoms with Gasteiger partial charge in [0.25, 0.3) is 0 Å². The van der Waals surface area contributed by atoms with E-state index in [0.717, 1.165) is 13.1 Å². The number of nitrogens with one attached hydrogen (secondary N) is 1. The van der Waals surface area contributed by atoms with E-state index in [1.165, 1.54) is 24.8 Å². The lowest BCUT2D eigenvalue weighted by molar-refractivity contribution is 0.0259. The largest absolute Gasteiger partial charge is 0.308 e. The summed E-state index contributed by atoms with van der Waals surface area (Å²) in [6, 6.07) is 3.98. The van der Waals surface area contributed by atoms with E-state index in [1.54, 1.807) is 0 Å². The molecule has 19 heavy (non-hydrogen) atoms. The quantitative estimate of drug-likeness (QED) is 0.598. The number of nitrogens with two attached hydrogens (primary N) is 1. The van der Waals surface area contributed by atoms with E-state index in [1.807, 2.05) is 12.3 Å². The zero-order valence-corrected chi connectivity index (χ0v) is 12.2. The molecule has 0 saturated heterocycles. The molecule has 2 rings (SSSR count). The molecule has 0 unspecified atom stereocenters. The van der Waals surface area contributed by atoms with Gasteiger partial charge in [0.05, 0.1) is 0 Å². The lowest BCUT2D eigenvalue weighted by Crippen LogP contribution is -2.56. The van der Waals surface area contributed by atoms with Crippen LogP contribution in [-0.4, -0.2) is 48.0 Å². The fourth-order valence-corrected chi connectivity index (χ4v) is 2.81. The third kappa shape index (κ3) is 3.23. The summed E-state index contributed by atoms with van der Waals surface area (Å²) in [7, 11) is 6.56. The molecule has 1 aromatic heterocycles. The van der Waals surface area contributed by atoms with Gasteiger partial charge in [0, 0.05) is 24.8 Å². The number of likely N-dealkylation sites (N-methyl/N-ethyl adjacent to an activating group) is 2. The molecule has 0 radical (unpaired) electrons. The van der Waals surface area contributed by atoms with E-state index in [4.69, 9.17) is 5.84 Å². The molecule has 0 bridgehead atoms. The highest BCUT2D eigenvalue weighted by Gasteiger charge is 2.39. The molecule has 106 valence electrons. The number of pyridine rings is 1. The van der Waals surface area contributed by atoms with Crippen LogP contribution in [0.1, 0.15) is 24.8 Å². The molecule has 3 N–H and O–H groups in total. The second-order valence-corrected chi connectivity index (χ2v) is 5.84. The summed E-state index contributed by atoms with van der Waals surface area (Å²) in [6.07, 6.45) is 5.84. The Morgan fingerprint density at radius 3 is 2.47 bits per heavy atom. The summed E-state index contributed by atoms with van der Waals surface area (Å²) < 4.78 is 0. The molecule has 1 fully saturated rings. The maximum absolute atomic E-state index is 5.31. The molecule has 1 aliphatic rings. The molecule has 5 nitrogen and oxygen atoms in total. The molecule has 0 atom stereocenters. The van der Waals surface area contributed by atoms with Crippen molar-refractivity contribution in [1.29, 1.82) is 0 Å². The summed E-state index contributed by atoms with van der Waals surface area (Å²) in [5.74, 6) is 6.02. The van der Waals surface area contributed by atoms with Gasteiger partial charge >= 0.3 is 0 Å². The monoisotopic (exact) mass is 263 g/mol. The molecular formula is C14H25N5. The predicted molar refractivity (Wildman–Crippen MR) is 78.7 cm³/mol. The SMILES string of the molecule is CN(Cc1ccc(NN)nc1)CC1(N(C)C)CCC1. The van der Waals surface area contributed by atoms with Crippen molar-refractivity contribution in [2.75, 3.05) is 33.1 Å². The van der Waals surface area contributed by atoms with Gasteiger partial charge in [0.1, 0.15) is 5.82 Å². The highest BCUT2D eigenvalue weighted by Crippen LogP contribution is 2.36. The Morgan fingerprint density at radius 2 is 2.05 bits per heavy atom. The van der Waals surface area contributed by atoms with Crippen LogP contribution < -0.4 is 11.3 Å². The van der Waals surface area contributed by atoms with E-state index in [9.17, 15) is 0 Å². The van der Waals surface area contributed by atoms with Crippen molar-refractivity contribution in [3.05, 3.63) is 23.9 Å². The average molecular weight is 263 g/mol. The molecule has 0 amide bonds. The average Bonchev–Trinajstić information content (AvgIpc) is 2.34. The topological polar surface area (TPSA) is 57.4 Å². The molecule has 1 heterocycles. The van der Waals surface area contributed by atoms with Gasteiger partial charge in [-0.05, 0) is 52.0 Å². The Bertz CT molecular complexity index is 397. The summed E-state index contributed by atoms with van der Waals surface area (Å²) >= 11 is 0. The van der Waals surface area contributed by atoms with Gasteiger partial charge < -0.3 is 15.2 Å². The highest BCUT2D eigenvalue weighted by atomic mass is 15.2. The van der Waals surface area contributed by atoms with Crippen LogP contribution in [0.5, 0.6) is 0 Å². The summed E-state index contributed by atoms with van der Waals surface area (Å²) in [4.78, 5) is 9.01. The fourth-order valence-electron chi connectivity index (χ4n) is 2.81. The third-order valence-corrected chi connectivity index (χ3v) is 4.22. The first-order valence-corrected chi connectivity index (χ1v) is 6.83. The zero-order valence-electron chi connectivity index (χ0n) is 12.2. The molecule has 0 aromatic carbocycles. The number of hydrazine groups is 1. The van der Waals surface area contributed by atoms with Crippen molar-refractivity contribution < 1.29 is 0 Å². The molecule has 1 aliphatic carbocycles. The Kier molecular flexibility index (Phi) is 4.39. The van der Waals surface area contributed by atoms with Crippen LogP contribution in [-0.2, 0) is 6.54 Å². The number of hydrogen-bond donors (Lipinski definition) is 2. The smallest absolute Gasteiger partial charge is 0.139 e. The van der Waals surface area contributed by atoms with Gasteiger partial charge in [-0.2, -0.15) is 0 Å². The molecule has 1 saturated carbocycles. The number of hydrogen-bond acceptors (Lipinski definition) is 5. The van der Waals surface area contributed by atoms with Crippen LogP contribution in [0.2, 0.25) is 0 Å². The van der Waals surface area contributed by atoms with Gasteiger partial charge in [0.2, 0.25) is 0 Å². The number of aromatic nitrogens is 1. The summed E-state index contributed by atoms with van der Waals surface area (Å²) in [5, 5.41) is 0. The number of nitrogen functional groups attached to an aromatic ring is 1. The van der Waals surface area contributed by atoms with Crippen LogP contribution in [0.4, 0.5) is 5.82 Å². The Hall–Kier alpha value is -1.17. The molecule has 5 heteroatoms. The fraction of sp³-hybridized carbons (Fsp3) is 0.643. The minimum Gasteiger partial charge on any atom is -0.308 e. The molecule has 1 aromatic rings. The predicted octanol–water partition coefficient (Wildman–Crippen LogP) is 1.28. The molecule has 0 spiro atoms. The third-order valence-electron chi connectivity index (χ3n) is 4.22. The first kappa shape index (κ1) is 14.2. The van der Waals surface area contributed by atoms with E-state index < -0.39 is 0 Å². The minimum atomic E-state index is 0.376. The first-order chi connectivity index (χ1) is 9.05. The van der Waals surface area contributed by atoms with Gasteiger partial charge in [-0.1, -0.05) is 6.07 Å². The standard InChI is InChI=1S/C14H25N5/c1-18(2)14(7-4-8-14)11-19(3)10-12-5-6-13(17-15)16-9-12/h5-6,9H,4,7-8,10-11,15H2,1-3H3,(H,16,17). The van der Waals surface area contributed by atoms with Crippen molar-refractivity contribution in [1.82, 2.24) is 14.8 Å². The number of rotatable bonds is 6. The highest BCUT2D eigenvalue weighted by molar-refractivity contribution is 5.33. The Morgan fingerprint density at radius 1 is 1.32 bits per heavy atom. The second kappa shape index (κ2) is 5.86. The summed E-state index contributed by atoms with van der Waals surface area (Å²) in [5.41, 5.74) is 4.14. The van der Waals surface area contributed by atoms with Crippen LogP contribution in [0, 0.1) is 0 Å². The second-order valence-electron chi connectivity index (χ2n) is 5.84. The van der Waals surface area contributed by atoms with Gasteiger partial charge in [-0.25, -0.2) is 10.8 Å². The van der Waals surface area contributed by atoms with Crippen molar-refractivity contribution in [2.24, 2.45) is 5.84 Å². The van der Waals surface area contributed by atoms with Crippen LogP contribution in [0.15, 0.2) is 18.3 Å². The number of anilines is 1. The van der Waals surface area contributed by atoms with Crippen molar-refractivity contribution >= 4 is 5.82 Å². The van der Waals surface area contributed by atoms with E-state index in [2.05, 4.69) is 47.4 Å². The van der Waals surface area contributed by atoms with Crippen LogP contribution in [0.3, 0.4) is 0 Å². The van der Waals surface area contributed by atoms with Crippen molar-refractivity contribution in [3.8, 4) is 0 Å². The van der Waals surface area contributed by atoms with Gasteiger partial charge in [0.15, 0.2) is 0 Å². The van der Waals surface area contributed by atoms with Gasteiger partial charge in [-0.3, -0.25) is 0 Å². The number of nitrogens with zero attached hydrogens (tertiary/aromatic N) is 3. The van der Waals surface area contributed by atoms with Gasteiger partial charge in [-0.15, -0.1) is 0 Å². The molecular weight excluding hydrogens is 238 g/mol. The summed E-state index contributed by atoms with van der Waals surface area (Å²) in [6.45, 7) is 2.03. The first-order valence-electron chi connectivity index (χ1n) is 6.83. The van der Waals surface area contributed by atoms with Crippen molar-refractivity contribution in [3.63, 3.8) is 0 Å². The maximum Gasteiger partial charge on any atom is 0.139 e. The normalized spacial score (nSPS) is 17.6. The van der Waals surface area contributed by atoms with E-state index >= 15 is 0 Å². The lowest BCUT2D eigenvalue weighted by Gasteiger charge is -2.49. The van der Waals surface area contributed by atoms with Crippen LogP contribution >= 0.6 is 0 Å². The molecule has 0 aliphatic heterocycles. The maximum atomic E-state index is 5.31.